The predicted octanol–water partition coefficient (Wildman–Crippen LogP) is 2.47. The van der Waals surface area contributed by atoms with Crippen LogP contribution in [0, 0.1) is 5.95 Å². The molecule has 1 heterocycles. The number of rotatable bonds is 1. The van der Waals surface area contributed by atoms with E-state index in [1.165, 1.54) is 12.3 Å². The van der Waals surface area contributed by atoms with E-state index in [2.05, 4.69) is 4.98 Å². The molecule has 0 radical (unpaired) electrons. The molecule has 1 aromatic heterocycles. The van der Waals surface area contributed by atoms with Crippen molar-refractivity contribution in [2.45, 2.75) is 0 Å². The van der Waals surface area contributed by atoms with Crippen molar-refractivity contribution in [1.29, 1.82) is 0 Å². The SMILES string of the molecule is Nc1cccc(-c2ccnc(F)c2)c1. The average Bonchev–Trinajstić information content (AvgIpc) is 2.18. The minimum absolute atomic E-state index is 0.482. The summed E-state index contributed by atoms with van der Waals surface area (Å²) in [4.78, 5) is 3.49. The highest BCUT2D eigenvalue weighted by molar-refractivity contribution is 5.66. The van der Waals surface area contributed by atoms with Crippen molar-refractivity contribution in [3.05, 3.63) is 48.5 Å². The Morgan fingerprint density at radius 1 is 1.07 bits per heavy atom. The van der Waals surface area contributed by atoms with Crippen LogP contribution in [0.3, 0.4) is 0 Å². The number of hydrogen-bond donors (Lipinski definition) is 1. The number of nitrogens with zero attached hydrogens (tertiary/aromatic N) is 1. The van der Waals surface area contributed by atoms with E-state index in [1.54, 1.807) is 18.2 Å². The zero-order valence-electron chi connectivity index (χ0n) is 7.44. The van der Waals surface area contributed by atoms with E-state index in [1.807, 2.05) is 12.1 Å². The van der Waals surface area contributed by atoms with Gasteiger partial charge in [0, 0.05) is 18.0 Å². The predicted molar refractivity (Wildman–Crippen MR) is 54.0 cm³/mol. The molecule has 0 aliphatic rings. The van der Waals surface area contributed by atoms with Crippen LogP contribution in [0.25, 0.3) is 11.1 Å². The molecule has 0 bridgehead atoms. The fourth-order valence-corrected chi connectivity index (χ4v) is 1.30. The summed E-state index contributed by atoms with van der Waals surface area (Å²) >= 11 is 0. The number of hydrogen-bond acceptors (Lipinski definition) is 2. The molecule has 0 amide bonds. The first-order valence-electron chi connectivity index (χ1n) is 4.23. The lowest BCUT2D eigenvalue weighted by atomic mass is 10.1. The van der Waals surface area contributed by atoms with Crippen molar-refractivity contribution in [3.63, 3.8) is 0 Å². The highest BCUT2D eigenvalue weighted by atomic mass is 19.1. The summed E-state index contributed by atoms with van der Waals surface area (Å²) in [5, 5.41) is 0. The molecular weight excluding hydrogens is 179 g/mol. The van der Waals surface area contributed by atoms with Gasteiger partial charge in [0.25, 0.3) is 0 Å². The number of aromatic nitrogens is 1. The lowest BCUT2D eigenvalue weighted by molar-refractivity contribution is 0.584. The fraction of sp³-hybridized carbons (Fsp3) is 0. The first-order valence-corrected chi connectivity index (χ1v) is 4.23. The van der Waals surface area contributed by atoms with Crippen LogP contribution in [0.4, 0.5) is 10.1 Å². The largest absolute Gasteiger partial charge is 0.399 e. The van der Waals surface area contributed by atoms with Crippen molar-refractivity contribution in [1.82, 2.24) is 4.98 Å². The Bertz CT molecular complexity index is 411. The molecule has 2 aromatic rings. The van der Waals surface area contributed by atoms with E-state index in [-0.39, 0.29) is 0 Å². The number of anilines is 1. The molecule has 0 aliphatic heterocycles. The van der Waals surface area contributed by atoms with Crippen LogP contribution < -0.4 is 5.73 Å². The number of halogens is 1. The molecule has 14 heavy (non-hydrogen) atoms. The van der Waals surface area contributed by atoms with E-state index in [0.29, 0.717) is 5.69 Å². The number of pyridine rings is 1. The van der Waals surface area contributed by atoms with E-state index in [0.717, 1.165) is 11.1 Å². The lowest BCUT2D eigenvalue weighted by Crippen LogP contribution is -1.87. The van der Waals surface area contributed by atoms with Crippen molar-refractivity contribution >= 4 is 5.69 Å². The molecule has 0 atom stereocenters. The molecule has 3 heteroatoms. The van der Waals surface area contributed by atoms with Crippen LogP contribution in [0.2, 0.25) is 0 Å². The maximum atomic E-state index is 12.8. The van der Waals surface area contributed by atoms with Gasteiger partial charge in [0.05, 0.1) is 0 Å². The van der Waals surface area contributed by atoms with Gasteiger partial charge >= 0.3 is 0 Å². The van der Waals surface area contributed by atoms with Gasteiger partial charge < -0.3 is 5.73 Å². The standard InChI is InChI=1S/C11H9FN2/c12-11-7-9(4-5-14-11)8-2-1-3-10(13)6-8/h1-7H,13H2. The highest BCUT2D eigenvalue weighted by Gasteiger charge is 1.99. The second-order valence-electron chi connectivity index (χ2n) is 2.99. The topological polar surface area (TPSA) is 38.9 Å². The summed E-state index contributed by atoms with van der Waals surface area (Å²) in [6.45, 7) is 0. The van der Waals surface area contributed by atoms with E-state index >= 15 is 0 Å². The van der Waals surface area contributed by atoms with Crippen LogP contribution >= 0.6 is 0 Å². The van der Waals surface area contributed by atoms with Gasteiger partial charge in [0.1, 0.15) is 0 Å². The summed E-state index contributed by atoms with van der Waals surface area (Å²) in [7, 11) is 0. The zero-order valence-corrected chi connectivity index (χ0v) is 7.44. The summed E-state index contributed by atoms with van der Waals surface area (Å²) < 4.78 is 12.8. The van der Waals surface area contributed by atoms with Gasteiger partial charge in [0.15, 0.2) is 0 Å². The van der Waals surface area contributed by atoms with E-state index in [9.17, 15) is 4.39 Å². The van der Waals surface area contributed by atoms with Crippen molar-refractivity contribution in [2.24, 2.45) is 0 Å². The molecule has 2 rings (SSSR count). The number of nitrogen functional groups attached to an aromatic ring is 1. The lowest BCUT2D eigenvalue weighted by Gasteiger charge is -2.01. The van der Waals surface area contributed by atoms with Crippen molar-refractivity contribution < 1.29 is 4.39 Å². The first-order chi connectivity index (χ1) is 6.75. The van der Waals surface area contributed by atoms with Crippen LogP contribution in [0.15, 0.2) is 42.6 Å². The van der Waals surface area contributed by atoms with Crippen LogP contribution in [-0.2, 0) is 0 Å². The maximum absolute atomic E-state index is 12.8. The molecule has 2 N–H and O–H groups in total. The third-order valence-corrected chi connectivity index (χ3v) is 1.95. The molecular formula is C11H9FN2. The molecule has 0 spiro atoms. The summed E-state index contributed by atoms with van der Waals surface area (Å²) in [5.41, 5.74) is 7.97. The van der Waals surface area contributed by atoms with Gasteiger partial charge in [0.2, 0.25) is 5.95 Å². The Balaban J connectivity index is 2.49. The first kappa shape index (κ1) is 8.69. The average molecular weight is 188 g/mol. The second-order valence-corrected chi connectivity index (χ2v) is 2.99. The zero-order chi connectivity index (χ0) is 9.97. The van der Waals surface area contributed by atoms with Gasteiger partial charge in [-0.2, -0.15) is 4.39 Å². The molecule has 0 unspecified atom stereocenters. The maximum Gasteiger partial charge on any atom is 0.213 e. The molecule has 0 aliphatic carbocycles. The normalized spacial score (nSPS) is 10.1. The third-order valence-electron chi connectivity index (χ3n) is 1.95. The Labute approximate surface area is 81.2 Å². The van der Waals surface area contributed by atoms with Gasteiger partial charge in [-0.25, -0.2) is 4.98 Å². The molecule has 0 fully saturated rings. The molecule has 2 nitrogen and oxygen atoms in total. The monoisotopic (exact) mass is 188 g/mol. The minimum atomic E-state index is -0.482. The summed E-state index contributed by atoms with van der Waals surface area (Å²) in [6, 6.07) is 10.4. The third kappa shape index (κ3) is 1.71. The minimum Gasteiger partial charge on any atom is -0.399 e. The van der Waals surface area contributed by atoms with Crippen LogP contribution in [0.1, 0.15) is 0 Å². The van der Waals surface area contributed by atoms with Crippen LogP contribution in [-0.4, -0.2) is 4.98 Å². The van der Waals surface area contributed by atoms with Crippen LogP contribution in [0.5, 0.6) is 0 Å². The Morgan fingerprint density at radius 3 is 2.57 bits per heavy atom. The molecule has 0 saturated carbocycles. The Hall–Kier alpha value is -1.90. The Kier molecular flexibility index (Phi) is 2.14. The van der Waals surface area contributed by atoms with E-state index < -0.39 is 5.95 Å². The fourth-order valence-electron chi connectivity index (χ4n) is 1.30. The Morgan fingerprint density at radius 2 is 1.86 bits per heavy atom. The molecule has 70 valence electrons. The second kappa shape index (κ2) is 3.46. The van der Waals surface area contributed by atoms with E-state index in [4.69, 9.17) is 5.73 Å². The molecule has 1 aromatic carbocycles. The van der Waals surface area contributed by atoms with Gasteiger partial charge in [-0.3, -0.25) is 0 Å². The molecule has 0 saturated heterocycles. The van der Waals surface area contributed by atoms with Gasteiger partial charge in [-0.1, -0.05) is 12.1 Å². The summed E-state index contributed by atoms with van der Waals surface area (Å²) in [6.07, 6.45) is 1.44. The van der Waals surface area contributed by atoms with Gasteiger partial charge in [-0.15, -0.1) is 0 Å². The van der Waals surface area contributed by atoms with Crippen molar-refractivity contribution in [3.8, 4) is 11.1 Å². The smallest absolute Gasteiger partial charge is 0.213 e. The summed E-state index contributed by atoms with van der Waals surface area (Å²) in [5.74, 6) is -0.482. The van der Waals surface area contributed by atoms with Gasteiger partial charge in [-0.05, 0) is 29.3 Å². The van der Waals surface area contributed by atoms with Crippen molar-refractivity contribution in [2.75, 3.05) is 5.73 Å². The highest BCUT2D eigenvalue weighted by Crippen LogP contribution is 2.20. The number of benzene rings is 1. The number of nitrogens with two attached hydrogens (primary N) is 1. The quantitative estimate of drug-likeness (QED) is 0.551.